The molecule has 0 saturated heterocycles. The van der Waals surface area contributed by atoms with Gasteiger partial charge in [-0.1, -0.05) is 29.8 Å². The summed E-state index contributed by atoms with van der Waals surface area (Å²) in [6.45, 7) is 0.550. The summed E-state index contributed by atoms with van der Waals surface area (Å²) in [6, 6.07) is 13.1. The number of carbonyl (C=O) groups excluding carboxylic acids is 1. The second-order valence-corrected chi connectivity index (χ2v) is 5.03. The van der Waals surface area contributed by atoms with Gasteiger partial charge in [-0.3, -0.25) is 14.5 Å². The van der Waals surface area contributed by atoms with Gasteiger partial charge in [0.25, 0.3) is 0 Å². The molecule has 0 amide bonds. The molecule has 0 radical (unpaired) electrons. The van der Waals surface area contributed by atoms with Crippen molar-refractivity contribution in [3.05, 3.63) is 71.0 Å². The minimum atomic E-state index is 0.524. The summed E-state index contributed by atoms with van der Waals surface area (Å²) in [6.07, 6.45) is 4.20. The van der Waals surface area contributed by atoms with Crippen LogP contribution in [0, 0.1) is 0 Å². The lowest BCUT2D eigenvalue weighted by atomic mass is 10.2. The Balaban J connectivity index is 1.95. The Labute approximate surface area is 127 Å². The van der Waals surface area contributed by atoms with Gasteiger partial charge in [-0.2, -0.15) is 5.10 Å². The number of benzene rings is 1. The Morgan fingerprint density at radius 1 is 1.19 bits per heavy atom. The number of nitrogens with zero attached hydrogens (tertiary/aromatic N) is 3. The molecule has 0 saturated carbocycles. The molecule has 2 aromatic heterocycles. The van der Waals surface area contributed by atoms with Crippen LogP contribution in [0.1, 0.15) is 15.9 Å². The highest BCUT2D eigenvalue weighted by Crippen LogP contribution is 2.19. The van der Waals surface area contributed by atoms with Crippen molar-refractivity contribution in [1.82, 2.24) is 14.8 Å². The molecular formula is C16H12ClN3O. The Morgan fingerprint density at radius 3 is 2.81 bits per heavy atom. The summed E-state index contributed by atoms with van der Waals surface area (Å²) in [5.74, 6) is 0. The van der Waals surface area contributed by atoms with E-state index in [0.717, 1.165) is 11.8 Å². The molecule has 0 aliphatic heterocycles. The highest BCUT2D eigenvalue weighted by molar-refractivity contribution is 6.30. The molecule has 0 unspecified atom stereocenters. The molecule has 3 rings (SSSR count). The topological polar surface area (TPSA) is 47.8 Å². The maximum absolute atomic E-state index is 11.2. The molecule has 5 heteroatoms. The van der Waals surface area contributed by atoms with Gasteiger partial charge in [0, 0.05) is 17.4 Å². The van der Waals surface area contributed by atoms with Crippen molar-refractivity contribution >= 4 is 17.9 Å². The number of carbonyl (C=O) groups is 1. The lowest BCUT2D eigenvalue weighted by Crippen LogP contribution is -2.00. The number of aromatic nitrogens is 3. The fourth-order valence-electron chi connectivity index (χ4n) is 2.13. The zero-order valence-electron chi connectivity index (χ0n) is 11.1. The lowest BCUT2D eigenvalue weighted by Gasteiger charge is -2.02. The third kappa shape index (κ3) is 3.01. The number of rotatable bonds is 4. The highest BCUT2D eigenvalue weighted by atomic mass is 35.5. The van der Waals surface area contributed by atoms with E-state index < -0.39 is 0 Å². The monoisotopic (exact) mass is 297 g/mol. The van der Waals surface area contributed by atoms with Crippen molar-refractivity contribution in [2.45, 2.75) is 6.54 Å². The summed E-state index contributed by atoms with van der Waals surface area (Å²) < 4.78 is 1.72. The molecule has 0 spiro atoms. The molecule has 3 aromatic rings. The first-order chi connectivity index (χ1) is 10.3. The average molecular weight is 298 g/mol. The maximum Gasteiger partial charge on any atom is 0.153 e. The van der Waals surface area contributed by atoms with Crippen LogP contribution in [0.5, 0.6) is 0 Å². The van der Waals surface area contributed by atoms with Crippen LogP contribution in [0.3, 0.4) is 0 Å². The van der Waals surface area contributed by atoms with E-state index in [1.807, 2.05) is 42.5 Å². The molecule has 1 aromatic carbocycles. The van der Waals surface area contributed by atoms with Crippen LogP contribution in [0.2, 0.25) is 5.02 Å². The maximum atomic E-state index is 11.2. The zero-order valence-corrected chi connectivity index (χ0v) is 11.9. The molecule has 0 atom stereocenters. The van der Waals surface area contributed by atoms with Crippen molar-refractivity contribution in [3.8, 4) is 11.4 Å². The average Bonchev–Trinajstić information content (AvgIpc) is 2.91. The third-order valence-electron chi connectivity index (χ3n) is 3.06. The van der Waals surface area contributed by atoms with E-state index in [4.69, 9.17) is 11.6 Å². The lowest BCUT2D eigenvalue weighted by molar-refractivity contribution is 0.112. The van der Waals surface area contributed by atoms with Gasteiger partial charge in [-0.05, 0) is 29.8 Å². The van der Waals surface area contributed by atoms with E-state index in [1.165, 1.54) is 0 Å². The van der Waals surface area contributed by atoms with Crippen LogP contribution in [-0.2, 0) is 6.54 Å². The smallest absolute Gasteiger partial charge is 0.153 e. The van der Waals surface area contributed by atoms with Gasteiger partial charge in [0.1, 0.15) is 5.69 Å². The SMILES string of the molecule is O=Cc1cn(Cc2cccc(Cl)c2)nc1-c1ccccn1. The summed E-state index contributed by atoms with van der Waals surface area (Å²) in [7, 11) is 0. The second-order valence-electron chi connectivity index (χ2n) is 4.59. The predicted molar refractivity (Wildman–Crippen MR) is 81.4 cm³/mol. The Morgan fingerprint density at radius 2 is 2.10 bits per heavy atom. The van der Waals surface area contributed by atoms with Crippen molar-refractivity contribution < 1.29 is 4.79 Å². The van der Waals surface area contributed by atoms with Crippen molar-refractivity contribution in [1.29, 1.82) is 0 Å². The number of halogens is 1. The first kappa shape index (κ1) is 13.5. The van der Waals surface area contributed by atoms with Gasteiger partial charge in [-0.25, -0.2) is 0 Å². The fourth-order valence-corrected chi connectivity index (χ4v) is 2.34. The van der Waals surface area contributed by atoms with Crippen molar-refractivity contribution in [3.63, 3.8) is 0 Å². The summed E-state index contributed by atoms with van der Waals surface area (Å²) >= 11 is 5.97. The molecule has 104 valence electrons. The number of pyridine rings is 1. The molecule has 0 aliphatic carbocycles. The molecular weight excluding hydrogens is 286 g/mol. The van der Waals surface area contributed by atoms with Crippen LogP contribution < -0.4 is 0 Å². The van der Waals surface area contributed by atoms with Crippen molar-refractivity contribution in [2.75, 3.05) is 0 Å². The molecule has 4 nitrogen and oxygen atoms in total. The molecule has 0 fully saturated rings. The van der Waals surface area contributed by atoms with Gasteiger partial charge in [0.05, 0.1) is 17.8 Å². The Bertz CT molecular complexity index is 768. The summed E-state index contributed by atoms with van der Waals surface area (Å²) in [4.78, 5) is 15.5. The minimum Gasteiger partial charge on any atom is -0.298 e. The van der Waals surface area contributed by atoms with Gasteiger partial charge in [0.15, 0.2) is 6.29 Å². The largest absolute Gasteiger partial charge is 0.298 e. The fraction of sp³-hybridized carbons (Fsp3) is 0.0625. The van der Waals surface area contributed by atoms with Gasteiger partial charge >= 0.3 is 0 Å². The van der Waals surface area contributed by atoms with E-state index in [-0.39, 0.29) is 0 Å². The van der Waals surface area contributed by atoms with Crippen LogP contribution in [-0.4, -0.2) is 21.1 Å². The van der Waals surface area contributed by atoms with Crippen LogP contribution in [0.15, 0.2) is 54.9 Å². The van der Waals surface area contributed by atoms with E-state index in [0.29, 0.717) is 28.5 Å². The van der Waals surface area contributed by atoms with E-state index >= 15 is 0 Å². The van der Waals surface area contributed by atoms with E-state index in [9.17, 15) is 4.79 Å². The quantitative estimate of drug-likeness (QED) is 0.693. The molecule has 0 N–H and O–H groups in total. The highest BCUT2D eigenvalue weighted by Gasteiger charge is 2.11. The van der Waals surface area contributed by atoms with Crippen LogP contribution >= 0.6 is 11.6 Å². The van der Waals surface area contributed by atoms with Crippen LogP contribution in [0.4, 0.5) is 0 Å². The Kier molecular flexibility index (Phi) is 3.79. The second kappa shape index (κ2) is 5.89. The zero-order chi connectivity index (χ0) is 14.7. The number of hydrogen-bond donors (Lipinski definition) is 0. The van der Waals surface area contributed by atoms with Gasteiger partial charge in [-0.15, -0.1) is 0 Å². The normalized spacial score (nSPS) is 10.5. The molecule has 0 bridgehead atoms. The first-order valence-corrected chi connectivity index (χ1v) is 6.82. The predicted octanol–water partition coefficient (Wildman–Crippen LogP) is 3.46. The number of aldehydes is 1. The van der Waals surface area contributed by atoms with Crippen LogP contribution in [0.25, 0.3) is 11.4 Å². The van der Waals surface area contributed by atoms with E-state index in [2.05, 4.69) is 10.1 Å². The summed E-state index contributed by atoms with van der Waals surface area (Å²) in [5, 5.41) is 5.14. The minimum absolute atomic E-state index is 0.524. The Hall–Kier alpha value is -2.46. The summed E-state index contributed by atoms with van der Waals surface area (Å²) in [5.41, 5.74) is 2.82. The number of hydrogen-bond acceptors (Lipinski definition) is 3. The van der Waals surface area contributed by atoms with Crippen molar-refractivity contribution in [2.24, 2.45) is 0 Å². The standard InChI is InChI=1S/C16H12ClN3O/c17-14-5-3-4-12(8-14)9-20-10-13(11-21)16(19-20)15-6-1-2-7-18-15/h1-8,10-11H,9H2. The molecule has 0 aliphatic rings. The van der Waals surface area contributed by atoms with Gasteiger partial charge < -0.3 is 0 Å². The molecule has 2 heterocycles. The molecule has 21 heavy (non-hydrogen) atoms. The third-order valence-corrected chi connectivity index (χ3v) is 3.29. The van der Waals surface area contributed by atoms with E-state index in [1.54, 1.807) is 17.1 Å². The first-order valence-electron chi connectivity index (χ1n) is 6.45. The van der Waals surface area contributed by atoms with Gasteiger partial charge in [0.2, 0.25) is 0 Å².